The molecular formula is C13H21NS. The summed E-state index contributed by atoms with van der Waals surface area (Å²) in [6.07, 6.45) is 1.12. The zero-order chi connectivity index (χ0) is 11.5. The zero-order valence-electron chi connectivity index (χ0n) is 10.2. The van der Waals surface area contributed by atoms with Gasteiger partial charge in [0, 0.05) is 12.2 Å². The van der Waals surface area contributed by atoms with E-state index in [0.29, 0.717) is 0 Å². The number of rotatable bonds is 1. The summed E-state index contributed by atoms with van der Waals surface area (Å²) in [5, 5.41) is 0. The lowest BCUT2D eigenvalue weighted by Crippen LogP contribution is -1.95. The van der Waals surface area contributed by atoms with Crippen molar-refractivity contribution in [3.8, 4) is 0 Å². The molecule has 2 rings (SSSR count). The monoisotopic (exact) mass is 223 g/mol. The van der Waals surface area contributed by atoms with Gasteiger partial charge in [0.2, 0.25) is 0 Å². The normalized spacial score (nSPS) is 12.9. The Balaban J connectivity index is 0.000000442. The van der Waals surface area contributed by atoms with Crippen LogP contribution in [0.25, 0.3) is 0 Å². The van der Waals surface area contributed by atoms with Crippen LogP contribution < -0.4 is 0 Å². The second kappa shape index (κ2) is 9.78. The van der Waals surface area contributed by atoms with E-state index in [1.165, 1.54) is 11.3 Å². The Morgan fingerprint density at radius 3 is 2.07 bits per heavy atom. The van der Waals surface area contributed by atoms with Crippen LogP contribution in [0.2, 0.25) is 0 Å². The molecule has 0 bridgehead atoms. The highest BCUT2D eigenvalue weighted by Crippen LogP contribution is 2.19. The van der Waals surface area contributed by atoms with Crippen molar-refractivity contribution in [2.45, 2.75) is 34.1 Å². The Kier molecular flexibility index (Phi) is 9.29. The molecule has 1 aliphatic rings. The van der Waals surface area contributed by atoms with Crippen molar-refractivity contribution in [2.75, 3.05) is 5.75 Å². The van der Waals surface area contributed by atoms with Crippen molar-refractivity contribution in [1.82, 2.24) is 0 Å². The first-order chi connectivity index (χ1) is 7.47. The first kappa shape index (κ1) is 14.2. The molecule has 0 radical (unpaired) electrons. The Morgan fingerprint density at radius 1 is 1.00 bits per heavy atom. The van der Waals surface area contributed by atoms with E-state index < -0.39 is 0 Å². The maximum absolute atomic E-state index is 4.34. The summed E-state index contributed by atoms with van der Waals surface area (Å²) in [5.41, 5.74) is 2.52. The number of nitrogens with zero attached hydrogens (tertiary/aromatic N) is 1. The fourth-order valence-corrected chi connectivity index (χ4v) is 1.87. The molecule has 0 atom stereocenters. The van der Waals surface area contributed by atoms with Gasteiger partial charge in [0.15, 0.2) is 0 Å². The molecule has 0 aliphatic carbocycles. The average Bonchev–Trinajstić information content (AvgIpc) is 2.89. The van der Waals surface area contributed by atoms with Gasteiger partial charge >= 0.3 is 0 Å². The summed E-state index contributed by atoms with van der Waals surface area (Å²) in [6, 6.07) is 10.4. The van der Waals surface area contributed by atoms with Gasteiger partial charge in [-0.2, -0.15) is 0 Å². The fourth-order valence-electron chi connectivity index (χ4n) is 1.14. The number of benzene rings is 1. The standard InChI is InChI=1S/C9H9NS.2C2H6/c1-2-4-8(5-3-1)9-6-7-11-10-9;2*1-2/h1-5H,6-7H2;2*1-2H3. The molecule has 1 aromatic carbocycles. The van der Waals surface area contributed by atoms with Crippen molar-refractivity contribution in [3.05, 3.63) is 35.9 Å². The summed E-state index contributed by atoms with van der Waals surface area (Å²) < 4.78 is 4.34. The predicted octanol–water partition coefficient (Wildman–Crippen LogP) is 4.58. The van der Waals surface area contributed by atoms with Crippen molar-refractivity contribution >= 4 is 17.7 Å². The molecule has 1 aliphatic heterocycles. The van der Waals surface area contributed by atoms with E-state index in [0.717, 1.165) is 12.2 Å². The maximum atomic E-state index is 4.34. The van der Waals surface area contributed by atoms with Crippen LogP contribution in [0.1, 0.15) is 39.7 Å². The largest absolute Gasteiger partial charge is 0.221 e. The van der Waals surface area contributed by atoms with E-state index in [9.17, 15) is 0 Å². The van der Waals surface area contributed by atoms with E-state index in [-0.39, 0.29) is 0 Å². The minimum atomic E-state index is 1.12. The molecule has 15 heavy (non-hydrogen) atoms. The SMILES string of the molecule is CC.CC.c1ccc(C2=NSCC2)cc1. The molecule has 0 unspecified atom stereocenters. The van der Waals surface area contributed by atoms with E-state index in [1.54, 1.807) is 11.9 Å². The highest BCUT2D eigenvalue weighted by Gasteiger charge is 2.07. The van der Waals surface area contributed by atoms with Crippen LogP contribution in [0.4, 0.5) is 0 Å². The van der Waals surface area contributed by atoms with Gasteiger partial charge in [0.25, 0.3) is 0 Å². The summed E-state index contributed by atoms with van der Waals surface area (Å²) >= 11 is 1.66. The molecule has 0 saturated heterocycles. The van der Waals surface area contributed by atoms with Crippen molar-refractivity contribution in [1.29, 1.82) is 0 Å². The van der Waals surface area contributed by atoms with Gasteiger partial charge in [0.05, 0.1) is 5.71 Å². The van der Waals surface area contributed by atoms with Gasteiger partial charge in [-0.05, 0) is 17.5 Å². The van der Waals surface area contributed by atoms with Crippen LogP contribution in [0, 0.1) is 0 Å². The molecule has 0 N–H and O–H groups in total. The minimum absolute atomic E-state index is 1.12. The highest BCUT2D eigenvalue weighted by molar-refractivity contribution is 7.98. The molecule has 0 spiro atoms. The van der Waals surface area contributed by atoms with Crippen LogP contribution in [-0.2, 0) is 0 Å². The second-order valence-corrected chi connectivity index (χ2v) is 3.34. The molecular weight excluding hydrogens is 202 g/mol. The lowest BCUT2D eigenvalue weighted by Gasteiger charge is -1.96. The Morgan fingerprint density at radius 2 is 1.60 bits per heavy atom. The average molecular weight is 223 g/mol. The van der Waals surface area contributed by atoms with Crippen molar-refractivity contribution in [3.63, 3.8) is 0 Å². The van der Waals surface area contributed by atoms with Gasteiger partial charge < -0.3 is 0 Å². The quantitative estimate of drug-likeness (QED) is 0.635. The van der Waals surface area contributed by atoms with E-state index >= 15 is 0 Å². The van der Waals surface area contributed by atoms with Gasteiger partial charge in [-0.3, -0.25) is 0 Å². The zero-order valence-corrected chi connectivity index (χ0v) is 11.0. The van der Waals surface area contributed by atoms with Gasteiger partial charge in [-0.25, -0.2) is 4.40 Å². The Bertz CT molecular complexity index is 267. The van der Waals surface area contributed by atoms with Crippen LogP contribution in [0.5, 0.6) is 0 Å². The van der Waals surface area contributed by atoms with Crippen LogP contribution in [-0.4, -0.2) is 11.5 Å². The number of hydrogen-bond donors (Lipinski definition) is 0. The van der Waals surface area contributed by atoms with Crippen LogP contribution in [0.15, 0.2) is 34.7 Å². The third kappa shape index (κ3) is 5.03. The van der Waals surface area contributed by atoms with Crippen molar-refractivity contribution in [2.24, 2.45) is 4.40 Å². The van der Waals surface area contributed by atoms with Crippen LogP contribution >= 0.6 is 11.9 Å². The molecule has 0 aromatic heterocycles. The molecule has 0 amide bonds. The van der Waals surface area contributed by atoms with E-state index in [4.69, 9.17) is 0 Å². The smallest absolute Gasteiger partial charge is 0.0567 e. The lowest BCUT2D eigenvalue weighted by atomic mass is 10.1. The molecule has 0 fully saturated rings. The van der Waals surface area contributed by atoms with Crippen molar-refractivity contribution < 1.29 is 0 Å². The van der Waals surface area contributed by atoms with Gasteiger partial charge in [-0.1, -0.05) is 58.0 Å². The highest BCUT2D eigenvalue weighted by atomic mass is 32.2. The molecule has 1 heterocycles. The van der Waals surface area contributed by atoms with Crippen LogP contribution in [0.3, 0.4) is 0 Å². The third-order valence-corrected chi connectivity index (χ3v) is 2.45. The van der Waals surface area contributed by atoms with Gasteiger partial charge in [0.1, 0.15) is 0 Å². The predicted molar refractivity (Wildman–Crippen MR) is 72.8 cm³/mol. The van der Waals surface area contributed by atoms with Gasteiger partial charge in [-0.15, -0.1) is 0 Å². The topological polar surface area (TPSA) is 12.4 Å². The fraction of sp³-hybridized carbons (Fsp3) is 0.462. The maximum Gasteiger partial charge on any atom is 0.0567 e. The Hall–Kier alpha value is -0.760. The van der Waals surface area contributed by atoms with E-state index in [2.05, 4.69) is 28.7 Å². The molecule has 2 heteroatoms. The van der Waals surface area contributed by atoms with E-state index in [1.807, 2.05) is 33.8 Å². The second-order valence-electron chi connectivity index (χ2n) is 2.49. The minimum Gasteiger partial charge on any atom is -0.221 e. The summed E-state index contributed by atoms with van der Waals surface area (Å²) in [5.74, 6) is 1.14. The lowest BCUT2D eigenvalue weighted by molar-refractivity contribution is 1.34. The first-order valence-corrected chi connectivity index (χ1v) is 6.65. The summed E-state index contributed by atoms with van der Waals surface area (Å²) in [7, 11) is 0. The number of hydrogen-bond acceptors (Lipinski definition) is 2. The molecule has 84 valence electrons. The molecule has 1 aromatic rings. The molecule has 1 nitrogen and oxygen atoms in total. The first-order valence-electron chi connectivity index (χ1n) is 5.71. The third-order valence-electron chi connectivity index (χ3n) is 1.71. The summed E-state index contributed by atoms with van der Waals surface area (Å²) in [6.45, 7) is 8.00. The molecule has 0 saturated carbocycles. The summed E-state index contributed by atoms with van der Waals surface area (Å²) in [4.78, 5) is 0. The Labute approximate surface area is 98.1 Å².